The molecule has 0 amide bonds. The van der Waals surface area contributed by atoms with Gasteiger partial charge >= 0.3 is 0 Å². The fraction of sp³-hybridized carbons (Fsp3) is 0.636. The number of rotatable bonds is 6. The second-order valence-electron chi connectivity index (χ2n) is 4.24. The topological polar surface area (TPSA) is 52.5 Å². The molecule has 15 heavy (non-hydrogen) atoms. The van der Waals surface area contributed by atoms with Crippen LogP contribution in [0.15, 0.2) is 17.5 Å². The Morgan fingerprint density at radius 3 is 2.60 bits per heavy atom. The van der Waals surface area contributed by atoms with Gasteiger partial charge in [-0.3, -0.25) is 0 Å². The molecule has 0 unspecified atom stereocenters. The van der Waals surface area contributed by atoms with Crippen LogP contribution in [0.5, 0.6) is 0 Å². The zero-order valence-corrected chi connectivity index (χ0v) is 10.0. The highest BCUT2D eigenvalue weighted by Crippen LogP contribution is 2.20. The Morgan fingerprint density at radius 2 is 2.13 bits per heavy atom. The molecular formula is C11H19NO2S. The van der Waals surface area contributed by atoms with E-state index in [-0.39, 0.29) is 19.3 Å². The van der Waals surface area contributed by atoms with E-state index in [9.17, 15) is 0 Å². The first-order valence-corrected chi connectivity index (χ1v) is 5.98. The van der Waals surface area contributed by atoms with Crippen LogP contribution in [0.4, 0.5) is 0 Å². The van der Waals surface area contributed by atoms with Crippen molar-refractivity contribution < 1.29 is 10.2 Å². The van der Waals surface area contributed by atoms with Gasteiger partial charge in [0.15, 0.2) is 0 Å². The van der Waals surface area contributed by atoms with Gasteiger partial charge in [-0.15, -0.1) is 11.3 Å². The van der Waals surface area contributed by atoms with Gasteiger partial charge < -0.3 is 15.5 Å². The average molecular weight is 229 g/mol. The van der Waals surface area contributed by atoms with E-state index in [4.69, 9.17) is 10.2 Å². The van der Waals surface area contributed by atoms with Crippen molar-refractivity contribution in [3.05, 3.63) is 22.4 Å². The first-order chi connectivity index (χ1) is 7.11. The highest BCUT2D eigenvalue weighted by Gasteiger charge is 2.23. The molecule has 1 aromatic heterocycles. The monoisotopic (exact) mass is 229 g/mol. The maximum atomic E-state index is 9.13. The molecule has 86 valence electrons. The molecule has 0 aromatic carbocycles. The summed E-state index contributed by atoms with van der Waals surface area (Å²) >= 11 is 1.71. The van der Waals surface area contributed by atoms with E-state index < -0.39 is 5.41 Å². The lowest BCUT2D eigenvalue weighted by molar-refractivity contribution is 0.0678. The van der Waals surface area contributed by atoms with Gasteiger partial charge in [-0.1, -0.05) is 13.0 Å². The molecule has 1 rings (SSSR count). The summed E-state index contributed by atoms with van der Waals surface area (Å²) in [6.45, 7) is 4.54. The summed E-state index contributed by atoms with van der Waals surface area (Å²) in [6.07, 6.45) is 0. The van der Waals surface area contributed by atoms with Crippen molar-refractivity contribution in [1.82, 2.24) is 5.32 Å². The first kappa shape index (κ1) is 12.6. The summed E-state index contributed by atoms with van der Waals surface area (Å²) in [4.78, 5) is 1.27. The van der Waals surface area contributed by atoms with Gasteiger partial charge in [0.2, 0.25) is 0 Å². The molecule has 0 radical (unpaired) electrons. The molecule has 0 aliphatic heterocycles. The summed E-state index contributed by atoms with van der Waals surface area (Å²) in [5.41, 5.74) is -0.439. The van der Waals surface area contributed by atoms with Crippen molar-refractivity contribution in [2.75, 3.05) is 19.8 Å². The molecule has 0 fully saturated rings. The number of nitrogens with one attached hydrogen (secondary N) is 1. The lowest BCUT2D eigenvalue weighted by atomic mass is 9.93. The van der Waals surface area contributed by atoms with E-state index in [2.05, 4.69) is 18.3 Å². The molecule has 1 atom stereocenters. The van der Waals surface area contributed by atoms with Gasteiger partial charge in [0, 0.05) is 22.9 Å². The minimum Gasteiger partial charge on any atom is -0.396 e. The number of aliphatic hydroxyl groups is 2. The van der Waals surface area contributed by atoms with Crippen LogP contribution in [0.3, 0.4) is 0 Å². The van der Waals surface area contributed by atoms with Crippen LogP contribution in [0.2, 0.25) is 0 Å². The molecule has 3 nitrogen and oxygen atoms in total. The SMILES string of the molecule is C[C@@H](NCC(C)(CO)CO)c1cccs1. The van der Waals surface area contributed by atoms with Gasteiger partial charge in [0.05, 0.1) is 13.2 Å². The largest absolute Gasteiger partial charge is 0.396 e. The fourth-order valence-electron chi connectivity index (χ4n) is 1.20. The second kappa shape index (κ2) is 5.61. The molecule has 0 bridgehead atoms. The van der Waals surface area contributed by atoms with Crippen molar-refractivity contribution in [1.29, 1.82) is 0 Å². The van der Waals surface area contributed by atoms with Crippen LogP contribution in [0.25, 0.3) is 0 Å². The van der Waals surface area contributed by atoms with E-state index in [0.717, 1.165) is 0 Å². The van der Waals surface area contributed by atoms with Gasteiger partial charge in [0.25, 0.3) is 0 Å². The fourth-order valence-corrected chi connectivity index (χ4v) is 1.96. The van der Waals surface area contributed by atoms with Gasteiger partial charge in [-0.25, -0.2) is 0 Å². The predicted octanol–water partition coefficient (Wildman–Crippen LogP) is 1.39. The van der Waals surface area contributed by atoms with Gasteiger partial charge in [-0.2, -0.15) is 0 Å². The van der Waals surface area contributed by atoms with Crippen LogP contribution in [0, 0.1) is 5.41 Å². The van der Waals surface area contributed by atoms with Crippen molar-refractivity contribution in [3.8, 4) is 0 Å². The standard InChI is InChI=1S/C11H19NO2S/c1-9(10-4-3-5-15-10)12-6-11(2,7-13)8-14/h3-5,9,12-14H,6-8H2,1-2H3/t9-/m1/s1. The van der Waals surface area contributed by atoms with Crippen molar-refractivity contribution >= 4 is 11.3 Å². The zero-order chi connectivity index (χ0) is 11.3. The molecule has 1 heterocycles. The molecule has 3 N–H and O–H groups in total. The molecule has 0 aliphatic carbocycles. The number of aliphatic hydroxyl groups excluding tert-OH is 2. The van der Waals surface area contributed by atoms with E-state index >= 15 is 0 Å². The van der Waals surface area contributed by atoms with Gasteiger partial charge in [-0.05, 0) is 18.4 Å². The highest BCUT2D eigenvalue weighted by molar-refractivity contribution is 7.10. The Bertz CT molecular complexity index is 270. The van der Waals surface area contributed by atoms with E-state index in [0.29, 0.717) is 6.54 Å². The molecule has 0 spiro atoms. The third-order valence-electron chi connectivity index (χ3n) is 2.57. The van der Waals surface area contributed by atoms with Crippen molar-refractivity contribution in [3.63, 3.8) is 0 Å². The van der Waals surface area contributed by atoms with Crippen LogP contribution >= 0.6 is 11.3 Å². The zero-order valence-electron chi connectivity index (χ0n) is 9.23. The van der Waals surface area contributed by atoms with Gasteiger partial charge in [0.1, 0.15) is 0 Å². The summed E-state index contributed by atoms with van der Waals surface area (Å²) in [7, 11) is 0. The van der Waals surface area contributed by atoms with E-state index in [1.165, 1.54) is 4.88 Å². The predicted molar refractivity (Wildman–Crippen MR) is 63.0 cm³/mol. The molecule has 0 saturated heterocycles. The van der Waals surface area contributed by atoms with Crippen LogP contribution in [0.1, 0.15) is 24.8 Å². The quantitative estimate of drug-likeness (QED) is 0.691. The summed E-state index contributed by atoms with van der Waals surface area (Å²) in [6, 6.07) is 4.37. The third kappa shape index (κ3) is 3.57. The summed E-state index contributed by atoms with van der Waals surface area (Å²) in [5.74, 6) is 0. The van der Waals surface area contributed by atoms with Crippen molar-refractivity contribution in [2.24, 2.45) is 5.41 Å². The minimum atomic E-state index is -0.439. The number of hydrogen-bond acceptors (Lipinski definition) is 4. The maximum absolute atomic E-state index is 9.13. The first-order valence-electron chi connectivity index (χ1n) is 5.10. The lowest BCUT2D eigenvalue weighted by Gasteiger charge is -2.26. The van der Waals surface area contributed by atoms with Crippen LogP contribution in [-0.4, -0.2) is 30.0 Å². The number of thiophene rings is 1. The average Bonchev–Trinajstić information content (AvgIpc) is 2.79. The molecule has 0 aliphatic rings. The third-order valence-corrected chi connectivity index (χ3v) is 3.62. The lowest BCUT2D eigenvalue weighted by Crippen LogP contribution is -2.38. The Balaban J connectivity index is 2.43. The van der Waals surface area contributed by atoms with E-state index in [1.807, 2.05) is 18.4 Å². The molecule has 0 saturated carbocycles. The molecule has 1 aromatic rings. The number of hydrogen-bond donors (Lipinski definition) is 3. The Kier molecular flexibility index (Phi) is 4.73. The van der Waals surface area contributed by atoms with E-state index in [1.54, 1.807) is 11.3 Å². The normalized spacial score (nSPS) is 14.1. The Morgan fingerprint density at radius 1 is 1.47 bits per heavy atom. The second-order valence-corrected chi connectivity index (χ2v) is 5.22. The summed E-state index contributed by atoms with van der Waals surface area (Å²) in [5, 5.41) is 23.6. The minimum absolute atomic E-state index is 0.00629. The van der Waals surface area contributed by atoms with Crippen LogP contribution in [-0.2, 0) is 0 Å². The van der Waals surface area contributed by atoms with Crippen molar-refractivity contribution in [2.45, 2.75) is 19.9 Å². The Hall–Kier alpha value is -0.420. The Labute approximate surface area is 94.8 Å². The maximum Gasteiger partial charge on any atom is 0.0519 e. The highest BCUT2D eigenvalue weighted by atomic mass is 32.1. The molecule has 4 heteroatoms. The smallest absolute Gasteiger partial charge is 0.0519 e. The van der Waals surface area contributed by atoms with Crippen LogP contribution < -0.4 is 5.32 Å². The molecular weight excluding hydrogens is 210 g/mol. The summed E-state index contributed by atoms with van der Waals surface area (Å²) < 4.78 is 0.